The fourth-order valence-corrected chi connectivity index (χ4v) is 2.52. The molecule has 0 bridgehead atoms. The molecule has 7 heteroatoms. The molecule has 1 saturated heterocycles. The minimum absolute atomic E-state index is 0.101. The van der Waals surface area contributed by atoms with Crippen LogP contribution in [0.4, 0.5) is 5.69 Å². The summed E-state index contributed by atoms with van der Waals surface area (Å²) in [5, 5.41) is 10.9. The van der Waals surface area contributed by atoms with Crippen LogP contribution < -0.4 is 10.2 Å². The highest BCUT2D eigenvalue weighted by molar-refractivity contribution is 9.10. The Bertz CT molecular complexity index is 642. The first-order chi connectivity index (χ1) is 9.88. The van der Waals surface area contributed by atoms with Crippen LogP contribution in [0.25, 0.3) is 6.08 Å². The number of carboxylic acids is 1. The number of anilines is 1. The summed E-state index contributed by atoms with van der Waals surface area (Å²) in [7, 11) is 0. The Morgan fingerprint density at radius 1 is 1.48 bits per heavy atom. The maximum atomic E-state index is 11.7. The quantitative estimate of drug-likeness (QED) is 0.634. The Morgan fingerprint density at radius 3 is 2.81 bits per heavy atom. The van der Waals surface area contributed by atoms with Crippen LogP contribution in [0.1, 0.15) is 12.5 Å². The van der Waals surface area contributed by atoms with Crippen LogP contribution in [-0.2, 0) is 14.4 Å². The molecule has 2 rings (SSSR count). The molecule has 1 aliphatic heterocycles. The first-order valence-electron chi connectivity index (χ1n) is 6.19. The lowest BCUT2D eigenvalue weighted by atomic mass is 10.1. The van der Waals surface area contributed by atoms with Crippen LogP contribution in [0, 0.1) is 0 Å². The molecule has 0 spiro atoms. The lowest BCUT2D eigenvalue weighted by molar-refractivity contribution is -0.133. The van der Waals surface area contributed by atoms with E-state index in [4.69, 9.17) is 5.11 Å². The van der Waals surface area contributed by atoms with Crippen molar-refractivity contribution in [2.45, 2.75) is 13.0 Å². The topological polar surface area (TPSA) is 86.7 Å². The van der Waals surface area contributed by atoms with Gasteiger partial charge in [-0.05, 0) is 30.7 Å². The van der Waals surface area contributed by atoms with Crippen molar-refractivity contribution in [3.8, 4) is 0 Å². The number of benzene rings is 1. The van der Waals surface area contributed by atoms with E-state index >= 15 is 0 Å². The maximum Gasteiger partial charge on any atom is 0.328 e. The lowest BCUT2D eigenvalue weighted by Gasteiger charge is -2.33. The zero-order valence-electron chi connectivity index (χ0n) is 11.2. The number of aliphatic carboxylic acids is 1. The molecule has 1 unspecified atom stereocenters. The average Bonchev–Trinajstić information content (AvgIpc) is 2.41. The average molecular weight is 353 g/mol. The Morgan fingerprint density at radius 2 is 2.19 bits per heavy atom. The van der Waals surface area contributed by atoms with Crippen LogP contribution in [0.2, 0.25) is 0 Å². The second-order valence-corrected chi connectivity index (χ2v) is 5.45. The smallest absolute Gasteiger partial charge is 0.328 e. The Balaban J connectivity index is 2.29. The van der Waals surface area contributed by atoms with Crippen molar-refractivity contribution in [3.63, 3.8) is 0 Å². The fourth-order valence-electron chi connectivity index (χ4n) is 2.02. The summed E-state index contributed by atoms with van der Waals surface area (Å²) in [6.07, 6.45) is 2.51. The van der Waals surface area contributed by atoms with E-state index in [9.17, 15) is 14.4 Å². The van der Waals surface area contributed by atoms with E-state index in [-0.39, 0.29) is 18.4 Å². The summed E-state index contributed by atoms with van der Waals surface area (Å²) in [5.41, 5.74) is 1.41. The van der Waals surface area contributed by atoms with E-state index < -0.39 is 12.0 Å². The molecule has 0 aromatic heterocycles. The molecule has 21 heavy (non-hydrogen) atoms. The molecular weight excluding hydrogens is 340 g/mol. The number of halogens is 1. The van der Waals surface area contributed by atoms with Crippen molar-refractivity contribution in [1.82, 2.24) is 5.32 Å². The monoisotopic (exact) mass is 352 g/mol. The number of carbonyl (C=O) groups excluding carboxylic acids is 2. The number of carboxylic acid groups (broad SMARTS) is 1. The Kier molecular flexibility index (Phi) is 4.42. The summed E-state index contributed by atoms with van der Waals surface area (Å²) in [5.74, 6) is -1.71. The molecule has 1 aromatic carbocycles. The van der Waals surface area contributed by atoms with Gasteiger partial charge in [0.25, 0.3) is 0 Å². The van der Waals surface area contributed by atoms with Crippen molar-refractivity contribution in [2.24, 2.45) is 0 Å². The van der Waals surface area contributed by atoms with Gasteiger partial charge in [0.1, 0.15) is 6.04 Å². The van der Waals surface area contributed by atoms with Gasteiger partial charge in [-0.15, -0.1) is 0 Å². The van der Waals surface area contributed by atoms with Crippen molar-refractivity contribution < 1.29 is 19.5 Å². The third-order valence-electron chi connectivity index (χ3n) is 3.14. The SMILES string of the molecule is CC1C(=O)NC(=O)CN1c1ccc(/C=C/C(=O)O)c(Br)c1. The van der Waals surface area contributed by atoms with Gasteiger partial charge < -0.3 is 10.0 Å². The molecule has 110 valence electrons. The molecule has 1 atom stereocenters. The normalized spacial score (nSPS) is 19.0. The lowest BCUT2D eigenvalue weighted by Crippen LogP contribution is -2.57. The summed E-state index contributed by atoms with van der Waals surface area (Å²) < 4.78 is 0.683. The van der Waals surface area contributed by atoms with Gasteiger partial charge in [-0.3, -0.25) is 14.9 Å². The van der Waals surface area contributed by atoms with Gasteiger partial charge in [0, 0.05) is 16.2 Å². The van der Waals surface area contributed by atoms with Crippen LogP contribution in [-0.4, -0.2) is 35.5 Å². The largest absolute Gasteiger partial charge is 0.478 e. The third kappa shape index (κ3) is 3.49. The fraction of sp³-hybridized carbons (Fsp3) is 0.214. The number of hydrogen-bond acceptors (Lipinski definition) is 4. The summed E-state index contributed by atoms with van der Waals surface area (Å²) in [6.45, 7) is 1.82. The van der Waals surface area contributed by atoms with Gasteiger partial charge in [0.2, 0.25) is 11.8 Å². The predicted molar refractivity (Wildman–Crippen MR) is 80.8 cm³/mol. The standard InChI is InChI=1S/C14H13BrN2O4/c1-8-14(21)16-12(18)7-17(8)10-4-2-9(11(15)6-10)3-5-13(19)20/h2-6,8H,7H2,1H3,(H,19,20)(H,16,18,21)/b5-3+. The zero-order chi connectivity index (χ0) is 15.6. The number of carbonyl (C=O) groups is 3. The number of rotatable bonds is 3. The summed E-state index contributed by atoms with van der Waals surface area (Å²) in [4.78, 5) is 35.3. The van der Waals surface area contributed by atoms with Crippen molar-refractivity contribution in [2.75, 3.05) is 11.4 Å². The number of imide groups is 1. The van der Waals surface area contributed by atoms with Gasteiger partial charge in [-0.2, -0.15) is 0 Å². The van der Waals surface area contributed by atoms with Crippen molar-refractivity contribution in [1.29, 1.82) is 0 Å². The number of hydrogen-bond donors (Lipinski definition) is 2. The first-order valence-corrected chi connectivity index (χ1v) is 6.98. The maximum absolute atomic E-state index is 11.7. The summed E-state index contributed by atoms with van der Waals surface area (Å²) in [6, 6.07) is 4.77. The molecule has 6 nitrogen and oxygen atoms in total. The van der Waals surface area contributed by atoms with Gasteiger partial charge in [-0.25, -0.2) is 4.79 Å². The number of nitrogens with zero attached hydrogens (tertiary/aromatic N) is 1. The van der Waals surface area contributed by atoms with Crippen LogP contribution in [0.3, 0.4) is 0 Å². The molecule has 1 fully saturated rings. The second kappa shape index (κ2) is 6.09. The van der Waals surface area contributed by atoms with Crippen LogP contribution in [0.5, 0.6) is 0 Å². The molecule has 1 aromatic rings. The van der Waals surface area contributed by atoms with E-state index in [1.54, 1.807) is 30.0 Å². The highest BCUT2D eigenvalue weighted by atomic mass is 79.9. The molecule has 0 radical (unpaired) electrons. The van der Waals surface area contributed by atoms with Crippen molar-refractivity contribution >= 4 is 45.5 Å². The summed E-state index contributed by atoms with van der Waals surface area (Å²) >= 11 is 3.36. The molecule has 2 N–H and O–H groups in total. The van der Waals surface area contributed by atoms with Crippen LogP contribution in [0.15, 0.2) is 28.7 Å². The Labute approximate surface area is 129 Å². The minimum atomic E-state index is -1.03. The van der Waals surface area contributed by atoms with Crippen LogP contribution >= 0.6 is 15.9 Å². The number of amides is 2. The van der Waals surface area contributed by atoms with E-state index in [2.05, 4.69) is 21.2 Å². The second-order valence-electron chi connectivity index (χ2n) is 4.59. The van der Waals surface area contributed by atoms with Crippen molar-refractivity contribution in [3.05, 3.63) is 34.3 Å². The number of nitrogens with one attached hydrogen (secondary N) is 1. The highest BCUT2D eigenvalue weighted by Crippen LogP contribution is 2.27. The Hall–Kier alpha value is -2.15. The third-order valence-corrected chi connectivity index (χ3v) is 3.83. The number of piperazine rings is 1. The van der Waals surface area contributed by atoms with E-state index in [1.807, 2.05) is 0 Å². The zero-order valence-corrected chi connectivity index (χ0v) is 12.8. The highest BCUT2D eigenvalue weighted by Gasteiger charge is 2.30. The molecule has 2 amide bonds. The van der Waals surface area contributed by atoms with E-state index in [0.717, 1.165) is 6.08 Å². The van der Waals surface area contributed by atoms with Gasteiger partial charge in [-0.1, -0.05) is 22.0 Å². The molecule has 1 heterocycles. The molecule has 0 saturated carbocycles. The van der Waals surface area contributed by atoms with Gasteiger partial charge in [0.15, 0.2) is 0 Å². The van der Waals surface area contributed by atoms with Gasteiger partial charge in [0.05, 0.1) is 6.54 Å². The molecular formula is C14H13BrN2O4. The van der Waals surface area contributed by atoms with E-state index in [1.165, 1.54) is 6.08 Å². The predicted octanol–water partition coefficient (Wildman–Crippen LogP) is 1.40. The first kappa shape index (κ1) is 15.2. The van der Waals surface area contributed by atoms with E-state index in [0.29, 0.717) is 15.7 Å². The minimum Gasteiger partial charge on any atom is -0.478 e. The molecule has 1 aliphatic rings. The van der Waals surface area contributed by atoms with Gasteiger partial charge >= 0.3 is 5.97 Å². The molecule has 0 aliphatic carbocycles.